The van der Waals surface area contributed by atoms with Crippen LogP contribution in [0, 0.1) is 11.2 Å². The molecule has 2 aliphatic heterocycles. The standard InChI is InChI=1S/C31H40FN3O3/c1-33-19-21-34(22-20-33)28(36)23-30(24-38-27-7-3-2-4-8-27)15-17-35(18-16-30)29(37)31(13-5-6-14-31)25-9-11-26(32)12-10-25/h2-4,7-12H,5-6,13-24H2,1H3. The van der Waals surface area contributed by atoms with Crippen molar-refractivity contribution in [1.82, 2.24) is 14.7 Å². The van der Waals surface area contributed by atoms with Gasteiger partial charge in [-0.05, 0) is 62.6 Å². The Labute approximate surface area is 225 Å². The van der Waals surface area contributed by atoms with Crippen LogP contribution in [0.1, 0.15) is 50.5 Å². The average molecular weight is 522 g/mol. The zero-order valence-corrected chi connectivity index (χ0v) is 22.5. The summed E-state index contributed by atoms with van der Waals surface area (Å²) in [5.41, 5.74) is 0.0474. The van der Waals surface area contributed by atoms with Crippen molar-refractivity contribution in [2.45, 2.75) is 50.4 Å². The van der Waals surface area contributed by atoms with Gasteiger partial charge in [0.25, 0.3) is 0 Å². The van der Waals surface area contributed by atoms with Gasteiger partial charge in [-0.25, -0.2) is 4.39 Å². The third kappa shape index (κ3) is 5.73. The minimum Gasteiger partial charge on any atom is -0.493 e. The second kappa shape index (κ2) is 11.4. The first kappa shape index (κ1) is 26.7. The van der Waals surface area contributed by atoms with Crippen molar-refractivity contribution in [1.29, 1.82) is 0 Å². The molecule has 3 fully saturated rings. The zero-order chi connectivity index (χ0) is 26.6. The van der Waals surface area contributed by atoms with Crippen molar-refractivity contribution >= 4 is 11.8 Å². The van der Waals surface area contributed by atoms with Gasteiger partial charge in [-0.3, -0.25) is 9.59 Å². The molecule has 0 unspecified atom stereocenters. The monoisotopic (exact) mass is 521 g/mol. The predicted octanol–water partition coefficient (Wildman–Crippen LogP) is 4.49. The smallest absolute Gasteiger partial charge is 0.233 e. The second-order valence-electron chi connectivity index (χ2n) is 11.6. The van der Waals surface area contributed by atoms with E-state index in [1.54, 1.807) is 12.1 Å². The Hall–Kier alpha value is -2.93. The van der Waals surface area contributed by atoms with Gasteiger partial charge in [0.1, 0.15) is 11.6 Å². The number of para-hydroxylation sites is 1. The fourth-order valence-electron chi connectivity index (χ4n) is 6.47. The van der Waals surface area contributed by atoms with Crippen LogP contribution in [-0.2, 0) is 15.0 Å². The Morgan fingerprint density at radius 1 is 0.816 bits per heavy atom. The van der Waals surface area contributed by atoms with E-state index >= 15 is 0 Å². The van der Waals surface area contributed by atoms with Crippen LogP contribution >= 0.6 is 0 Å². The largest absolute Gasteiger partial charge is 0.493 e. The number of hydrogen-bond acceptors (Lipinski definition) is 4. The number of hydrogen-bond donors (Lipinski definition) is 0. The van der Waals surface area contributed by atoms with E-state index in [2.05, 4.69) is 11.9 Å². The number of piperidine rings is 1. The maximum atomic E-state index is 14.0. The summed E-state index contributed by atoms with van der Waals surface area (Å²) >= 11 is 0. The Bertz CT molecular complexity index is 1090. The molecule has 2 aromatic carbocycles. The van der Waals surface area contributed by atoms with Crippen LogP contribution in [0.25, 0.3) is 0 Å². The first-order valence-electron chi connectivity index (χ1n) is 14.1. The topological polar surface area (TPSA) is 53.1 Å². The molecule has 2 aromatic rings. The number of piperazine rings is 1. The lowest BCUT2D eigenvalue weighted by molar-refractivity contribution is -0.142. The summed E-state index contributed by atoms with van der Waals surface area (Å²) < 4.78 is 19.9. The molecule has 0 radical (unpaired) electrons. The summed E-state index contributed by atoms with van der Waals surface area (Å²) in [5.74, 6) is 0.872. The Kier molecular flexibility index (Phi) is 8.03. The predicted molar refractivity (Wildman–Crippen MR) is 145 cm³/mol. The zero-order valence-electron chi connectivity index (χ0n) is 22.5. The van der Waals surface area contributed by atoms with Crippen molar-refractivity contribution in [3.8, 4) is 5.75 Å². The minimum absolute atomic E-state index is 0.157. The number of carbonyl (C=O) groups is 2. The fourth-order valence-corrected chi connectivity index (χ4v) is 6.47. The lowest BCUT2D eigenvalue weighted by atomic mass is 9.73. The summed E-state index contributed by atoms with van der Waals surface area (Å²) in [6.07, 6.45) is 5.51. The van der Waals surface area contributed by atoms with Gasteiger partial charge in [-0.15, -0.1) is 0 Å². The molecule has 0 bridgehead atoms. The van der Waals surface area contributed by atoms with Crippen molar-refractivity contribution in [3.63, 3.8) is 0 Å². The molecule has 7 heteroatoms. The van der Waals surface area contributed by atoms with Gasteiger partial charge >= 0.3 is 0 Å². The first-order chi connectivity index (χ1) is 18.4. The van der Waals surface area contributed by atoms with E-state index in [0.717, 1.165) is 76.0 Å². The normalized spacial score (nSPS) is 21.3. The number of nitrogens with zero attached hydrogens (tertiary/aromatic N) is 3. The molecular formula is C31H40FN3O3. The van der Waals surface area contributed by atoms with Crippen LogP contribution < -0.4 is 4.74 Å². The maximum absolute atomic E-state index is 14.0. The lowest BCUT2D eigenvalue weighted by Crippen LogP contribution is -2.53. The Balaban J connectivity index is 1.30. The van der Waals surface area contributed by atoms with Gasteiger partial charge in [0, 0.05) is 51.1 Å². The van der Waals surface area contributed by atoms with Gasteiger partial charge in [0.15, 0.2) is 0 Å². The SMILES string of the molecule is CN1CCN(C(=O)CC2(COc3ccccc3)CCN(C(=O)C3(c4ccc(F)cc4)CCCC3)CC2)CC1. The third-order valence-corrected chi connectivity index (χ3v) is 9.05. The molecule has 0 atom stereocenters. The van der Waals surface area contributed by atoms with Crippen LogP contribution in [-0.4, -0.2) is 79.4 Å². The third-order valence-electron chi connectivity index (χ3n) is 9.05. The molecule has 38 heavy (non-hydrogen) atoms. The molecule has 2 amide bonds. The van der Waals surface area contributed by atoms with E-state index in [4.69, 9.17) is 4.74 Å². The Morgan fingerprint density at radius 2 is 1.45 bits per heavy atom. The van der Waals surface area contributed by atoms with Gasteiger partial charge < -0.3 is 19.4 Å². The Morgan fingerprint density at radius 3 is 2.08 bits per heavy atom. The second-order valence-corrected chi connectivity index (χ2v) is 11.6. The molecule has 2 saturated heterocycles. The van der Waals surface area contributed by atoms with E-state index in [-0.39, 0.29) is 23.0 Å². The summed E-state index contributed by atoms with van der Waals surface area (Å²) in [5, 5.41) is 0. The quantitative estimate of drug-likeness (QED) is 0.539. The number of halogens is 1. The highest BCUT2D eigenvalue weighted by molar-refractivity contribution is 5.89. The highest BCUT2D eigenvalue weighted by Gasteiger charge is 2.47. The molecule has 0 spiro atoms. The van der Waals surface area contributed by atoms with Crippen LogP contribution in [0.2, 0.25) is 0 Å². The molecule has 1 aliphatic carbocycles. The number of likely N-dealkylation sites (N-methyl/N-ethyl adjacent to an activating group) is 1. The van der Waals surface area contributed by atoms with E-state index in [0.29, 0.717) is 26.1 Å². The summed E-state index contributed by atoms with van der Waals surface area (Å²) in [7, 11) is 2.09. The lowest BCUT2D eigenvalue weighted by Gasteiger charge is -2.45. The highest BCUT2D eigenvalue weighted by Crippen LogP contribution is 2.45. The van der Waals surface area contributed by atoms with Crippen LogP contribution in [0.4, 0.5) is 4.39 Å². The van der Waals surface area contributed by atoms with Crippen molar-refractivity contribution in [2.24, 2.45) is 5.41 Å². The summed E-state index contributed by atoms with van der Waals surface area (Å²) in [6.45, 7) is 4.99. The number of ether oxygens (including phenoxy) is 1. The first-order valence-corrected chi connectivity index (χ1v) is 14.1. The van der Waals surface area contributed by atoms with Crippen molar-refractivity contribution < 1.29 is 18.7 Å². The van der Waals surface area contributed by atoms with Gasteiger partial charge in [-0.1, -0.05) is 43.2 Å². The van der Waals surface area contributed by atoms with E-state index in [1.165, 1.54) is 12.1 Å². The highest BCUT2D eigenvalue weighted by atomic mass is 19.1. The van der Waals surface area contributed by atoms with Crippen LogP contribution in [0.15, 0.2) is 54.6 Å². The molecule has 1 saturated carbocycles. The van der Waals surface area contributed by atoms with E-state index in [1.807, 2.05) is 40.1 Å². The summed E-state index contributed by atoms with van der Waals surface area (Å²) in [4.78, 5) is 33.7. The van der Waals surface area contributed by atoms with Gasteiger partial charge in [0.2, 0.25) is 11.8 Å². The minimum atomic E-state index is -0.566. The number of benzene rings is 2. The van der Waals surface area contributed by atoms with E-state index in [9.17, 15) is 14.0 Å². The van der Waals surface area contributed by atoms with Crippen LogP contribution in [0.3, 0.4) is 0 Å². The summed E-state index contributed by atoms with van der Waals surface area (Å²) in [6, 6.07) is 16.3. The molecule has 5 rings (SSSR count). The number of rotatable bonds is 7. The molecule has 0 aromatic heterocycles. The molecule has 3 aliphatic rings. The maximum Gasteiger partial charge on any atom is 0.233 e. The molecular weight excluding hydrogens is 481 g/mol. The molecule has 204 valence electrons. The number of likely N-dealkylation sites (tertiary alicyclic amines) is 1. The molecule has 0 N–H and O–H groups in total. The van der Waals surface area contributed by atoms with Gasteiger partial charge in [-0.2, -0.15) is 0 Å². The van der Waals surface area contributed by atoms with Crippen molar-refractivity contribution in [3.05, 3.63) is 66.0 Å². The van der Waals surface area contributed by atoms with Crippen molar-refractivity contribution in [2.75, 3.05) is 52.9 Å². The average Bonchev–Trinajstić information content (AvgIpc) is 3.45. The van der Waals surface area contributed by atoms with Gasteiger partial charge in [0.05, 0.1) is 12.0 Å². The van der Waals surface area contributed by atoms with E-state index < -0.39 is 5.41 Å². The van der Waals surface area contributed by atoms with Crippen LogP contribution in [0.5, 0.6) is 5.75 Å². The molecule has 2 heterocycles. The molecule has 6 nitrogen and oxygen atoms in total. The number of carbonyl (C=O) groups excluding carboxylic acids is 2. The fraction of sp³-hybridized carbons (Fsp3) is 0.548. The number of amides is 2.